The van der Waals surface area contributed by atoms with Crippen LogP contribution < -0.4 is 0 Å². The van der Waals surface area contributed by atoms with Crippen LogP contribution in [0.3, 0.4) is 0 Å². The molecule has 7 rings (SSSR count). The molecule has 0 radical (unpaired) electrons. The molecule has 150 valence electrons. The third-order valence-corrected chi connectivity index (χ3v) is 10.1. The molecule has 1 heteroatoms. The average molecular weight is 384 g/mol. The summed E-state index contributed by atoms with van der Waals surface area (Å²) in [6, 6.07) is 9.71. The van der Waals surface area contributed by atoms with E-state index in [2.05, 4.69) is 58.2 Å². The highest BCUT2D eigenvalue weighted by Gasteiger charge is 2.65. The zero-order chi connectivity index (χ0) is 19.8. The molecule has 1 heterocycles. The summed E-state index contributed by atoms with van der Waals surface area (Å²) in [4.78, 5) is 5.05. The van der Waals surface area contributed by atoms with Crippen molar-refractivity contribution in [3.8, 4) is 11.3 Å². The molecule has 0 aliphatic heterocycles. The van der Waals surface area contributed by atoms with Gasteiger partial charge in [-0.05, 0) is 113 Å². The molecule has 0 saturated heterocycles. The SMILES string of the molecule is CC1(C)CC(C)(C)c2cc(-c3cc4c(cn3)C3CC5CC6CC4CC56C3)ccc21. The van der Waals surface area contributed by atoms with Gasteiger partial charge in [0.1, 0.15) is 0 Å². The highest BCUT2D eigenvalue weighted by atomic mass is 14.7. The molecule has 5 aliphatic rings. The smallest absolute Gasteiger partial charge is 0.0705 e. The minimum absolute atomic E-state index is 0.249. The number of hydrogen-bond donors (Lipinski definition) is 0. The number of rotatable bonds is 1. The van der Waals surface area contributed by atoms with E-state index in [0.29, 0.717) is 0 Å². The fourth-order valence-corrected chi connectivity index (χ4v) is 9.13. The Balaban J connectivity index is 1.34. The predicted molar refractivity (Wildman–Crippen MR) is 118 cm³/mol. The van der Waals surface area contributed by atoms with Crippen LogP contribution in [0.4, 0.5) is 0 Å². The number of pyridine rings is 1. The molecule has 3 bridgehead atoms. The molecule has 5 aliphatic carbocycles. The first-order valence-electron chi connectivity index (χ1n) is 11.9. The topological polar surface area (TPSA) is 12.9 Å². The Kier molecular flexibility index (Phi) is 2.94. The van der Waals surface area contributed by atoms with Gasteiger partial charge in [0.15, 0.2) is 0 Å². The second kappa shape index (κ2) is 4.98. The summed E-state index contributed by atoms with van der Waals surface area (Å²) in [6.45, 7) is 9.62. The number of aromatic nitrogens is 1. The van der Waals surface area contributed by atoms with Crippen molar-refractivity contribution in [1.29, 1.82) is 0 Å². The lowest BCUT2D eigenvalue weighted by atomic mass is 9.56. The zero-order valence-corrected chi connectivity index (χ0v) is 18.4. The zero-order valence-electron chi connectivity index (χ0n) is 18.4. The number of fused-ring (bicyclic) bond motifs is 6. The Labute approximate surface area is 175 Å². The van der Waals surface area contributed by atoms with E-state index >= 15 is 0 Å². The Hall–Kier alpha value is -1.63. The lowest BCUT2D eigenvalue weighted by Gasteiger charge is -2.48. The first kappa shape index (κ1) is 17.1. The molecular formula is C28H33N. The summed E-state index contributed by atoms with van der Waals surface area (Å²) >= 11 is 0. The van der Waals surface area contributed by atoms with Gasteiger partial charge >= 0.3 is 0 Å². The third kappa shape index (κ3) is 2.01. The van der Waals surface area contributed by atoms with Crippen molar-refractivity contribution in [3.63, 3.8) is 0 Å². The molecule has 1 spiro atoms. The Morgan fingerprint density at radius 3 is 2.24 bits per heavy atom. The van der Waals surface area contributed by atoms with Crippen molar-refractivity contribution in [1.82, 2.24) is 4.98 Å². The third-order valence-electron chi connectivity index (χ3n) is 10.1. The summed E-state index contributed by atoms with van der Waals surface area (Å²) in [5, 5.41) is 0. The van der Waals surface area contributed by atoms with E-state index in [0.717, 1.165) is 29.1 Å². The van der Waals surface area contributed by atoms with Crippen molar-refractivity contribution < 1.29 is 0 Å². The molecule has 1 nitrogen and oxygen atoms in total. The number of hydrogen-bond acceptors (Lipinski definition) is 1. The molecule has 29 heavy (non-hydrogen) atoms. The molecule has 1 aromatic carbocycles. The quantitative estimate of drug-likeness (QED) is 0.512. The highest BCUT2D eigenvalue weighted by Crippen LogP contribution is 2.75. The van der Waals surface area contributed by atoms with Gasteiger partial charge in [-0.15, -0.1) is 0 Å². The van der Waals surface area contributed by atoms with Gasteiger partial charge < -0.3 is 0 Å². The summed E-state index contributed by atoms with van der Waals surface area (Å²) < 4.78 is 0. The average Bonchev–Trinajstić information content (AvgIpc) is 3.17. The summed E-state index contributed by atoms with van der Waals surface area (Å²) in [7, 11) is 0. The van der Waals surface area contributed by atoms with Crippen molar-refractivity contribution >= 4 is 0 Å². The van der Waals surface area contributed by atoms with E-state index in [1.165, 1.54) is 60.9 Å². The molecule has 1 aromatic heterocycles. The van der Waals surface area contributed by atoms with Crippen LogP contribution in [0.2, 0.25) is 0 Å². The lowest BCUT2D eigenvalue weighted by Crippen LogP contribution is -2.41. The van der Waals surface area contributed by atoms with Crippen molar-refractivity contribution in [2.24, 2.45) is 17.3 Å². The summed E-state index contributed by atoms with van der Waals surface area (Å²) in [6.07, 6.45) is 10.9. The van der Waals surface area contributed by atoms with Crippen LogP contribution in [-0.4, -0.2) is 4.98 Å². The van der Waals surface area contributed by atoms with Crippen molar-refractivity contribution in [3.05, 3.63) is 52.7 Å². The maximum absolute atomic E-state index is 5.05. The Bertz CT molecular complexity index is 1060. The fourth-order valence-electron chi connectivity index (χ4n) is 9.13. The van der Waals surface area contributed by atoms with Crippen LogP contribution in [0.25, 0.3) is 11.3 Å². The normalized spacial score (nSPS) is 38.9. The second-order valence-electron chi connectivity index (χ2n) is 12.5. The molecule has 5 unspecified atom stereocenters. The standard InChI is InChI=1S/C28H33N/c1-26(2)15-27(3,4)24-9-16(5-6-23(24)26)25-11-21-17-7-19-10-20-8-18(22(21)14-29-25)13-28(19,20)12-17/h5-6,9,11,14,17-20H,7-8,10,12-13,15H2,1-4H3. The molecular weight excluding hydrogens is 350 g/mol. The summed E-state index contributed by atoms with van der Waals surface area (Å²) in [5.41, 5.74) is 10.2. The number of nitrogens with zero attached hydrogens (tertiary/aromatic N) is 1. The first-order valence-corrected chi connectivity index (χ1v) is 11.9. The minimum Gasteiger partial charge on any atom is -0.256 e. The van der Waals surface area contributed by atoms with Gasteiger partial charge in [0, 0.05) is 11.8 Å². The van der Waals surface area contributed by atoms with Gasteiger partial charge in [-0.1, -0.05) is 39.8 Å². The van der Waals surface area contributed by atoms with Crippen molar-refractivity contribution in [2.75, 3.05) is 0 Å². The van der Waals surface area contributed by atoms with E-state index in [4.69, 9.17) is 4.98 Å². The molecule has 2 aromatic rings. The van der Waals surface area contributed by atoms with Crippen LogP contribution in [0.15, 0.2) is 30.5 Å². The summed E-state index contributed by atoms with van der Waals surface area (Å²) in [5.74, 6) is 3.68. The van der Waals surface area contributed by atoms with E-state index in [1.54, 1.807) is 11.1 Å². The van der Waals surface area contributed by atoms with Crippen LogP contribution >= 0.6 is 0 Å². The van der Waals surface area contributed by atoms with E-state index in [-0.39, 0.29) is 10.8 Å². The van der Waals surface area contributed by atoms with Gasteiger partial charge in [0.2, 0.25) is 0 Å². The van der Waals surface area contributed by atoms with E-state index in [9.17, 15) is 0 Å². The first-order chi connectivity index (χ1) is 13.8. The van der Waals surface area contributed by atoms with E-state index < -0.39 is 0 Å². The maximum atomic E-state index is 5.05. The van der Waals surface area contributed by atoms with E-state index in [1.807, 2.05) is 0 Å². The van der Waals surface area contributed by atoms with Gasteiger partial charge in [0.05, 0.1) is 5.69 Å². The molecule has 0 N–H and O–H groups in total. The highest BCUT2D eigenvalue weighted by molar-refractivity contribution is 5.65. The van der Waals surface area contributed by atoms with Crippen LogP contribution in [0.5, 0.6) is 0 Å². The predicted octanol–water partition coefficient (Wildman–Crippen LogP) is 7.10. The second-order valence-corrected chi connectivity index (χ2v) is 12.5. The van der Waals surface area contributed by atoms with Gasteiger partial charge in [0.25, 0.3) is 0 Å². The van der Waals surface area contributed by atoms with Crippen molar-refractivity contribution in [2.45, 2.75) is 88.9 Å². The van der Waals surface area contributed by atoms with Gasteiger partial charge in [-0.2, -0.15) is 0 Å². The maximum Gasteiger partial charge on any atom is 0.0705 e. The van der Waals surface area contributed by atoms with Crippen LogP contribution in [0.1, 0.15) is 100 Å². The van der Waals surface area contributed by atoms with Crippen LogP contribution in [0, 0.1) is 17.3 Å². The minimum atomic E-state index is 0.249. The Morgan fingerprint density at radius 1 is 0.793 bits per heavy atom. The fraction of sp³-hybridized carbons (Fsp3) is 0.607. The largest absolute Gasteiger partial charge is 0.256 e. The Morgan fingerprint density at radius 2 is 1.48 bits per heavy atom. The molecule has 3 fully saturated rings. The lowest BCUT2D eigenvalue weighted by molar-refractivity contribution is 0.00322. The number of benzene rings is 1. The van der Waals surface area contributed by atoms with Gasteiger partial charge in [-0.3, -0.25) is 4.98 Å². The molecule has 3 saturated carbocycles. The monoisotopic (exact) mass is 383 g/mol. The molecule has 5 atom stereocenters. The van der Waals surface area contributed by atoms with Crippen LogP contribution in [-0.2, 0) is 10.8 Å². The molecule has 0 amide bonds. The van der Waals surface area contributed by atoms with Gasteiger partial charge in [-0.25, -0.2) is 0 Å².